The first-order chi connectivity index (χ1) is 9.38. The van der Waals surface area contributed by atoms with E-state index in [-0.39, 0.29) is 17.9 Å². The number of benzene rings is 1. The van der Waals surface area contributed by atoms with Gasteiger partial charge in [-0.15, -0.1) is 0 Å². The molecule has 0 atom stereocenters. The van der Waals surface area contributed by atoms with E-state index in [2.05, 4.69) is 4.98 Å². The van der Waals surface area contributed by atoms with Crippen LogP contribution in [0.3, 0.4) is 0 Å². The second kappa shape index (κ2) is 5.48. The van der Waals surface area contributed by atoms with E-state index in [9.17, 15) is 21.7 Å². The normalized spacial score (nSPS) is 11.4. The molecule has 1 heterocycles. The van der Waals surface area contributed by atoms with Crippen LogP contribution in [0.15, 0.2) is 36.7 Å². The van der Waals surface area contributed by atoms with Crippen molar-refractivity contribution in [3.63, 3.8) is 0 Å². The second-order valence-corrected chi connectivity index (χ2v) is 4.03. The van der Waals surface area contributed by atoms with Gasteiger partial charge in [0.25, 0.3) is 0 Å². The molecular weight excluding hydrogens is 280 g/mol. The third-order valence-electron chi connectivity index (χ3n) is 2.54. The van der Waals surface area contributed by atoms with Crippen LogP contribution in [0.5, 0.6) is 5.75 Å². The van der Waals surface area contributed by atoms with Gasteiger partial charge in [-0.25, -0.2) is 8.78 Å². The Morgan fingerprint density at radius 1 is 1.10 bits per heavy atom. The number of ether oxygens (including phenoxy) is 1. The van der Waals surface area contributed by atoms with Crippen LogP contribution in [0, 0.1) is 11.6 Å². The van der Waals surface area contributed by atoms with E-state index in [0.717, 1.165) is 18.3 Å². The number of hydrogen-bond donors (Lipinski definition) is 0. The molecule has 0 saturated heterocycles. The number of hydrogen-bond acceptors (Lipinski definition) is 2. The maximum absolute atomic E-state index is 13.3. The zero-order valence-electron chi connectivity index (χ0n) is 9.99. The SMILES string of the molecule is Fc1cccc(COc2cncc([B-](F)(F)F)c2)c1F. The van der Waals surface area contributed by atoms with Gasteiger partial charge in [-0.3, -0.25) is 4.98 Å². The average Bonchev–Trinajstić information content (AvgIpc) is 2.40. The molecular formula is C12H8BF5NO-. The van der Waals surface area contributed by atoms with E-state index in [0.29, 0.717) is 6.20 Å². The lowest BCUT2D eigenvalue weighted by Crippen LogP contribution is -2.34. The largest absolute Gasteiger partial charge is 0.511 e. The quantitative estimate of drug-likeness (QED) is 0.637. The summed E-state index contributed by atoms with van der Waals surface area (Å²) < 4.78 is 68.8. The number of pyridine rings is 1. The molecule has 0 bridgehead atoms. The fraction of sp³-hybridized carbons (Fsp3) is 0.0833. The standard InChI is InChI=1S/C12H8BF5NO/c14-11-3-1-2-8(12(11)15)7-20-10-4-9(5-19-6-10)13(16,17)18/h1-6H,7H2/q-1. The van der Waals surface area contributed by atoms with E-state index < -0.39 is 24.1 Å². The minimum absolute atomic E-state index is 0.0899. The minimum Gasteiger partial charge on any atom is -0.487 e. The van der Waals surface area contributed by atoms with E-state index in [1.165, 1.54) is 12.1 Å². The molecule has 106 valence electrons. The molecule has 8 heteroatoms. The zero-order chi connectivity index (χ0) is 14.8. The summed E-state index contributed by atoms with van der Waals surface area (Å²) >= 11 is 0. The van der Waals surface area contributed by atoms with Crippen LogP contribution in [0.2, 0.25) is 0 Å². The monoisotopic (exact) mass is 288 g/mol. The van der Waals surface area contributed by atoms with Gasteiger partial charge in [0.2, 0.25) is 0 Å². The van der Waals surface area contributed by atoms with Crippen LogP contribution in [0.4, 0.5) is 21.7 Å². The summed E-state index contributed by atoms with van der Waals surface area (Å²) in [4.78, 5) is 3.41. The van der Waals surface area contributed by atoms with Crippen LogP contribution < -0.4 is 10.2 Å². The van der Waals surface area contributed by atoms with Crippen molar-refractivity contribution in [1.29, 1.82) is 0 Å². The fourth-order valence-electron chi connectivity index (χ4n) is 1.51. The first-order valence-corrected chi connectivity index (χ1v) is 5.58. The van der Waals surface area contributed by atoms with Crippen molar-refractivity contribution in [2.24, 2.45) is 0 Å². The summed E-state index contributed by atoms with van der Waals surface area (Å²) in [6, 6.07) is 4.27. The molecule has 0 saturated carbocycles. The van der Waals surface area contributed by atoms with Crippen molar-refractivity contribution in [2.75, 3.05) is 0 Å². The molecule has 0 amide bonds. The third kappa shape index (κ3) is 3.25. The van der Waals surface area contributed by atoms with Crippen molar-refractivity contribution in [3.8, 4) is 5.75 Å². The van der Waals surface area contributed by atoms with E-state index in [1.54, 1.807) is 0 Å². The highest BCUT2D eigenvalue weighted by Crippen LogP contribution is 2.16. The maximum atomic E-state index is 13.3. The van der Waals surface area contributed by atoms with Crippen molar-refractivity contribution in [1.82, 2.24) is 4.98 Å². The highest BCUT2D eigenvalue weighted by Gasteiger charge is 2.26. The lowest BCUT2D eigenvalue weighted by molar-refractivity contribution is 0.296. The molecule has 2 rings (SSSR count). The minimum atomic E-state index is -5.19. The van der Waals surface area contributed by atoms with Crippen molar-refractivity contribution >= 4 is 12.4 Å². The molecule has 2 aromatic rings. The highest BCUT2D eigenvalue weighted by molar-refractivity contribution is 6.73. The Morgan fingerprint density at radius 3 is 2.55 bits per heavy atom. The van der Waals surface area contributed by atoms with Crippen molar-refractivity contribution in [2.45, 2.75) is 6.61 Å². The molecule has 0 aliphatic carbocycles. The number of rotatable bonds is 4. The van der Waals surface area contributed by atoms with Gasteiger partial charge < -0.3 is 17.7 Å². The Hall–Kier alpha value is -2.12. The Labute approximate surface area is 111 Å². The highest BCUT2D eigenvalue weighted by atomic mass is 19.4. The van der Waals surface area contributed by atoms with Gasteiger partial charge in [-0.2, -0.15) is 0 Å². The molecule has 0 aliphatic rings. The molecule has 0 fully saturated rings. The summed E-state index contributed by atoms with van der Waals surface area (Å²) in [5, 5.41) is 0. The van der Waals surface area contributed by atoms with E-state index in [4.69, 9.17) is 4.74 Å². The predicted octanol–water partition coefficient (Wildman–Crippen LogP) is 2.99. The topological polar surface area (TPSA) is 22.1 Å². The fourth-order valence-corrected chi connectivity index (χ4v) is 1.51. The molecule has 0 aliphatic heterocycles. The number of halogens is 5. The lowest BCUT2D eigenvalue weighted by Gasteiger charge is -2.15. The van der Waals surface area contributed by atoms with Crippen LogP contribution in [0.1, 0.15) is 5.56 Å². The summed E-state index contributed by atoms with van der Waals surface area (Å²) in [6.45, 7) is -5.58. The molecule has 1 aromatic carbocycles. The van der Waals surface area contributed by atoms with Gasteiger partial charge >= 0.3 is 6.98 Å². The van der Waals surface area contributed by atoms with Gasteiger partial charge in [0.05, 0.1) is 6.20 Å². The molecule has 0 spiro atoms. The Kier molecular flexibility index (Phi) is 3.92. The lowest BCUT2D eigenvalue weighted by atomic mass is 9.81. The molecule has 0 radical (unpaired) electrons. The van der Waals surface area contributed by atoms with Gasteiger partial charge in [0.1, 0.15) is 12.4 Å². The molecule has 20 heavy (non-hydrogen) atoms. The summed E-state index contributed by atoms with van der Waals surface area (Å²) in [5.74, 6) is -2.29. The van der Waals surface area contributed by atoms with Crippen molar-refractivity contribution in [3.05, 3.63) is 53.9 Å². The summed E-state index contributed by atoms with van der Waals surface area (Å²) in [7, 11) is 0. The molecule has 2 nitrogen and oxygen atoms in total. The third-order valence-corrected chi connectivity index (χ3v) is 2.54. The van der Waals surface area contributed by atoms with Crippen molar-refractivity contribution < 1.29 is 26.5 Å². The van der Waals surface area contributed by atoms with Gasteiger partial charge in [-0.05, 0) is 12.1 Å². The summed E-state index contributed by atoms with van der Waals surface area (Å²) in [5.41, 5.74) is -1.00. The van der Waals surface area contributed by atoms with Crippen LogP contribution >= 0.6 is 0 Å². The number of nitrogens with zero attached hydrogens (tertiary/aromatic N) is 1. The zero-order valence-corrected chi connectivity index (χ0v) is 9.99. The number of aromatic nitrogens is 1. The van der Waals surface area contributed by atoms with E-state index >= 15 is 0 Å². The Morgan fingerprint density at radius 2 is 1.85 bits per heavy atom. The molecule has 1 aromatic heterocycles. The van der Waals surface area contributed by atoms with Gasteiger partial charge in [0.15, 0.2) is 11.6 Å². The van der Waals surface area contributed by atoms with Gasteiger partial charge in [-0.1, -0.05) is 17.6 Å². The average molecular weight is 288 g/mol. The van der Waals surface area contributed by atoms with Crippen LogP contribution in [0.25, 0.3) is 0 Å². The second-order valence-electron chi connectivity index (χ2n) is 4.03. The Bertz CT molecular complexity index is 617. The van der Waals surface area contributed by atoms with Gasteiger partial charge in [0, 0.05) is 11.8 Å². The maximum Gasteiger partial charge on any atom is 0.511 e. The molecule has 0 N–H and O–H groups in total. The first-order valence-electron chi connectivity index (χ1n) is 5.58. The summed E-state index contributed by atoms with van der Waals surface area (Å²) in [6.07, 6.45) is 1.75. The Balaban J connectivity index is 2.13. The smallest absolute Gasteiger partial charge is 0.487 e. The van der Waals surface area contributed by atoms with Crippen LogP contribution in [-0.4, -0.2) is 12.0 Å². The van der Waals surface area contributed by atoms with Crippen LogP contribution in [-0.2, 0) is 6.61 Å². The van der Waals surface area contributed by atoms with E-state index in [1.807, 2.05) is 0 Å². The molecule has 0 unspecified atom stereocenters. The predicted molar refractivity (Wildman–Crippen MR) is 63.6 cm³/mol. The first kappa shape index (κ1) is 14.3.